The molecule has 0 radical (unpaired) electrons. The van der Waals surface area contributed by atoms with Crippen LogP contribution in [0, 0.1) is 13.8 Å². The Labute approximate surface area is 183 Å². The summed E-state index contributed by atoms with van der Waals surface area (Å²) in [5, 5.41) is 16.6. The molecule has 0 spiro atoms. The summed E-state index contributed by atoms with van der Waals surface area (Å²) in [6.07, 6.45) is 1.75. The molecule has 3 aromatic rings. The largest absolute Gasteiger partial charge is 0.326 e. The van der Waals surface area contributed by atoms with Gasteiger partial charge in [-0.15, -0.1) is 21.5 Å². The van der Waals surface area contributed by atoms with Gasteiger partial charge in [0.1, 0.15) is 5.82 Å². The number of carbonyl (C=O) groups excluding carboxylic acids is 2. The third-order valence-corrected chi connectivity index (χ3v) is 6.30. The van der Waals surface area contributed by atoms with Gasteiger partial charge >= 0.3 is 0 Å². The van der Waals surface area contributed by atoms with Crippen molar-refractivity contribution in [1.29, 1.82) is 0 Å². The molecule has 158 valence electrons. The molecule has 2 N–H and O–H groups in total. The van der Waals surface area contributed by atoms with E-state index in [0.717, 1.165) is 11.3 Å². The van der Waals surface area contributed by atoms with Crippen LogP contribution in [0.5, 0.6) is 0 Å². The fourth-order valence-corrected chi connectivity index (χ4v) is 4.19. The number of hydrogen-bond donors (Lipinski definition) is 2. The van der Waals surface area contributed by atoms with Gasteiger partial charge in [-0.3, -0.25) is 9.59 Å². The molecule has 0 bridgehead atoms. The molecule has 0 unspecified atom stereocenters. The maximum Gasteiger partial charge on any atom is 0.239 e. The number of nitrogens with one attached hydrogen (secondary N) is 2. The van der Waals surface area contributed by atoms with Crippen molar-refractivity contribution < 1.29 is 9.59 Å². The Kier molecular flexibility index (Phi) is 7.22. The van der Waals surface area contributed by atoms with E-state index in [1.54, 1.807) is 18.5 Å². The predicted octanol–water partition coefficient (Wildman–Crippen LogP) is 3.67. The number of thioether (sulfide) groups is 1. The normalized spacial score (nSPS) is 11.9. The van der Waals surface area contributed by atoms with E-state index in [4.69, 9.17) is 0 Å². The number of nitrogens with zero attached hydrogens (tertiary/aromatic N) is 4. The monoisotopic (exact) mass is 444 g/mol. The average Bonchev–Trinajstić information content (AvgIpc) is 3.34. The van der Waals surface area contributed by atoms with Gasteiger partial charge in [-0.05, 0) is 51.0 Å². The zero-order valence-corrected chi connectivity index (χ0v) is 18.9. The molecular formula is C20H24N6O2S2. The molecule has 10 heteroatoms. The summed E-state index contributed by atoms with van der Waals surface area (Å²) >= 11 is 2.67. The number of benzene rings is 1. The number of anilines is 2. The number of aromatic nitrogens is 4. The maximum absolute atomic E-state index is 12.5. The van der Waals surface area contributed by atoms with Crippen LogP contribution >= 0.6 is 23.1 Å². The fourth-order valence-electron chi connectivity index (χ4n) is 2.73. The first kappa shape index (κ1) is 22.0. The van der Waals surface area contributed by atoms with Gasteiger partial charge in [0.15, 0.2) is 10.3 Å². The lowest BCUT2D eigenvalue weighted by Crippen LogP contribution is -2.23. The number of thiazole rings is 1. The first-order valence-electron chi connectivity index (χ1n) is 9.53. The molecule has 0 fully saturated rings. The number of hydrogen-bond acceptors (Lipinski definition) is 7. The summed E-state index contributed by atoms with van der Waals surface area (Å²) in [5.41, 5.74) is 3.05. The van der Waals surface area contributed by atoms with Crippen LogP contribution in [0.2, 0.25) is 0 Å². The summed E-state index contributed by atoms with van der Waals surface area (Å²) in [6, 6.07) is 5.81. The van der Waals surface area contributed by atoms with Crippen molar-refractivity contribution in [3.05, 3.63) is 46.7 Å². The van der Waals surface area contributed by atoms with E-state index in [1.165, 1.54) is 28.7 Å². The lowest BCUT2D eigenvalue weighted by Gasteiger charge is -2.12. The SMILES string of the molecule is CCn1c(CC(=O)Nc2ccc(C)c(C)c2)nnc1S[C@H](C)C(=O)Nc1nccs1. The minimum absolute atomic E-state index is 0.105. The number of aryl methyl sites for hydroxylation is 2. The number of amides is 2. The minimum atomic E-state index is -0.388. The highest BCUT2D eigenvalue weighted by Gasteiger charge is 2.21. The molecule has 0 saturated heterocycles. The van der Waals surface area contributed by atoms with Gasteiger partial charge in [-0.1, -0.05) is 17.8 Å². The smallest absolute Gasteiger partial charge is 0.239 e. The third-order valence-electron chi connectivity index (χ3n) is 4.53. The van der Waals surface area contributed by atoms with Gasteiger partial charge in [0.05, 0.1) is 11.7 Å². The van der Waals surface area contributed by atoms with E-state index >= 15 is 0 Å². The molecule has 8 nitrogen and oxygen atoms in total. The quantitative estimate of drug-likeness (QED) is 0.514. The summed E-state index contributed by atoms with van der Waals surface area (Å²) in [5.74, 6) is 0.245. The van der Waals surface area contributed by atoms with Crippen molar-refractivity contribution in [3.63, 3.8) is 0 Å². The lowest BCUT2D eigenvalue weighted by molar-refractivity contribution is -0.116. The Morgan fingerprint density at radius 3 is 2.67 bits per heavy atom. The molecule has 0 aliphatic heterocycles. The Balaban J connectivity index is 1.63. The molecule has 2 amide bonds. The second-order valence-electron chi connectivity index (χ2n) is 6.75. The first-order valence-corrected chi connectivity index (χ1v) is 11.3. The van der Waals surface area contributed by atoms with Crippen LogP contribution in [-0.4, -0.2) is 36.8 Å². The molecular weight excluding hydrogens is 420 g/mol. The number of carbonyl (C=O) groups is 2. The molecule has 1 aromatic carbocycles. The van der Waals surface area contributed by atoms with Crippen LogP contribution in [0.25, 0.3) is 0 Å². The molecule has 0 saturated carbocycles. The van der Waals surface area contributed by atoms with Crippen LogP contribution in [0.1, 0.15) is 30.8 Å². The van der Waals surface area contributed by atoms with Crippen molar-refractivity contribution >= 4 is 45.7 Å². The van der Waals surface area contributed by atoms with Crippen molar-refractivity contribution in [2.75, 3.05) is 10.6 Å². The maximum atomic E-state index is 12.5. The van der Waals surface area contributed by atoms with Crippen LogP contribution in [0.3, 0.4) is 0 Å². The van der Waals surface area contributed by atoms with Crippen molar-refractivity contribution in [1.82, 2.24) is 19.7 Å². The van der Waals surface area contributed by atoms with Crippen LogP contribution in [-0.2, 0) is 22.6 Å². The van der Waals surface area contributed by atoms with E-state index in [9.17, 15) is 9.59 Å². The second-order valence-corrected chi connectivity index (χ2v) is 8.96. The number of rotatable bonds is 8. The van der Waals surface area contributed by atoms with Gasteiger partial charge in [-0.2, -0.15) is 0 Å². The van der Waals surface area contributed by atoms with Gasteiger partial charge in [0, 0.05) is 23.8 Å². The summed E-state index contributed by atoms with van der Waals surface area (Å²) in [6.45, 7) is 8.39. The lowest BCUT2D eigenvalue weighted by atomic mass is 10.1. The highest BCUT2D eigenvalue weighted by Crippen LogP contribution is 2.24. The van der Waals surface area contributed by atoms with Crippen molar-refractivity contribution in [3.8, 4) is 0 Å². The molecule has 0 aliphatic rings. The molecule has 2 aromatic heterocycles. The predicted molar refractivity (Wildman–Crippen MR) is 120 cm³/mol. The average molecular weight is 445 g/mol. The Morgan fingerprint density at radius 2 is 2.00 bits per heavy atom. The Morgan fingerprint density at radius 1 is 1.20 bits per heavy atom. The van der Waals surface area contributed by atoms with E-state index in [-0.39, 0.29) is 23.5 Å². The Hall–Kier alpha value is -2.72. The zero-order chi connectivity index (χ0) is 21.7. The van der Waals surface area contributed by atoms with Gasteiger partial charge < -0.3 is 15.2 Å². The molecule has 30 heavy (non-hydrogen) atoms. The van der Waals surface area contributed by atoms with E-state index in [2.05, 4.69) is 25.8 Å². The standard InChI is InChI=1S/C20H24N6O2S2/c1-5-26-16(11-17(27)22-15-7-6-12(2)13(3)10-15)24-25-20(26)30-14(4)18(28)23-19-21-8-9-29-19/h6-10,14H,5,11H2,1-4H3,(H,22,27)(H,21,23,28)/t14-/m1/s1. The summed E-state index contributed by atoms with van der Waals surface area (Å²) in [7, 11) is 0. The highest BCUT2D eigenvalue weighted by atomic mass is 32.2. The van der Waals surface area contributed by atoms with E-state index < -0.39 is 0 Å². The van der Waals surface area contributed by atoms with Gasteiger partial charge in [0.25, 0.3) is 0 Å². The molecule has 0 aliphatic carbocycles. The summed E-state index contributed by atoms with van der Waals surface area (Å²) < 4.78 is 1.86. The van der Waals surface area contributed by atoms with Crippen molar-refractivity contribution in [2.45, 2.75) is 51.1 Å². The van der Waals surface area contributed by atoms with Crippen LogP contribution < -0.4 is 10.6 Å². The first-order chi connectivity index (χ1) is 14.4. The molecule has 3 rings (SSSR count). The van der Waals surface area contributed by atoms with E-state index in [0.29, 0.717) is 22.7 Å². The van der Waals surface area contributed by atoms with Crippen molar-refractivity contribution in [2.24, 2.45) is 0 Å². The third kappa shape index (κ3) is 5.45. The summed E-state index contributed by atoms with van der Waals surface area (Å²) in [4.78, 5) is 28.9. The molecule has 2 heterocycles. The topological polar surface area (TPSA) is 102 Å². The second kappa shape index (κ2) is 9.86. The van der Waals surface area contributed by atoms with Gasteiger partial charge in [-0.25, -0.2) is 4.98 Å². The van der Waals surface area contributed by atoms with Gasteiger partial charge in [0.2, 0.25) is 11.8 Å². The van der Waals surface area contributed by atoms with Crippen LogP contribution in [0.4, 0.5) is 10.8 Å². The minimum Gasteiger partial charge on any atom is -0.326 e. The van der Waals surface area contributed by atoms with Crippen LogP contribution in [0.15, 0.2) is 34.9 Å². The van der Waals surface area contributed by atoms with E-state index in [1.807, 2.05) is 43.5 Å². The molecule has 1 atom stereocenters. The highest BCUT2D eigenvalue weighted by molar-refractivity contribution is 8.00. The Bertz CT molecular complexity index is 1030. The zero-order valence-electron chi connectivity index (χ0n) is 17.3. The fraction of sp³-hybridized carbons (Fsp3) is 0.350.